The summed E-state index contributed by atoms with van der Waals surface area (Å²) in [4.78, 5) is 11.3. The summed E-state index contributed by atoms with van der Waals surface area (Å²) in [5.74, 6) is 0.165. The first-order chi connectivity index (χ1) is 5.83. The fraction of sp³-hybridized carbons (Fsp3) is 0.300. The molecule has 0 aliphatic heterocycles. The molecule has 1 aliphatic rings. The molecule has 1 unspecified atom stereocenters. The summed E-state index contributed by atoms with van der Waals surface area (Å²) >= 11 is 0. The molecule has 12 heavy (non-hydrogen) atoms. The van der Waals surface area contributed by atoms with Crippen LogP contribution >= 0.6 is 0 Å². The third-order valence-corrected chi connectivity index (χ3v) is 2.23. The number of rotatable bonds is 1. The molecule has 0 bridgehead atoms. The minimum atomic E-state index is -0.318. The third kappa shape index (κ3) is 0.959. The molecule has 1 aromatic carbocycles. The Labute approximate surface area is 71.2 Å². The van der Waals surface area contributed by atoms with Crippen molar-refractivity contribution >= 4 is 5.78 Å². The first-order valence-corrected chi connectivity index (χ1v) is 3.96. The van der Waals surface area contributed by atoms with Crippen molar-refractivity contribution < 1.29 is 9.53 Å². The van der Waals surface area contributed by atoms with E-state index in [0.717, 1.165) is 11.1 Å². The maximum atomic E-state index is 11.3. The largest absolute Gasteiger partial charge is 0.369 e. The van der Waals surface area contributed by atoms with Crippen LogP contribution in [0.3, 0.4) is 0 Å². The average Bonchev–Trinajstić information content (AvgIpc) is 2.40. The molecule has 1 aliphatic carbocycles. The molecule has 1 aromatic rings. The van der Waals surface area contributed by atoms with Gasteiger partial charge in [0, 0.05) is 13.5 Å². The molecule has 62 valence electrons. The first-order valence-electron chi connectivity index (χ1n) is 3.96. The molecule has 0 saturated heterocycles. The Bertz CT molecular complexity index is 317. The van der Waals surface area contributed by atoms with E-state index in [1.807, 2.05) is 24.3 Å². The lowest BCUT2D eigenvalue weighted by Gasteiger charge is -2.06. The zero-order chi connectivity index (χ0) is 8.55. The first kappa shape index (κ1) is 7.50. The minimum absolute atomic E-state index is 0.165. The topological polar surface area (TPSA) is 26.3 Å². The number of benzene rings is 1. The fourth-order valence-corrected chi connectivity index (χ4v) is 1.66. The summed E-state index contributed by atoms with van der Waals surface area (Å²) in [7, 11) is 1.57. The van der Waals surface area contributed by atoms with Crippen molar-refractivity contribution in [2.24, 2.45) is 0 Å². The van der Waals surface area contributed by atoms with Crippen molar-refractivity contribution in [3.05, 3.63) is 35.4 Å². The number of fused-ring (bicyclic) bond motifs is 1. The maximum Gasteiger partial charge on any atom is 0.170 e. The van der Waals surface area contributed by atoms with Gasteiger partial charge in [-0.05, 0) is 11.1 Å². The van der Waals surface area contributed by atoms with Crippen molar-refractivity contribution in [1.29, 1.82) is 0 Å². The summed E-state index contributed by atoms with van der Waals surface area (Å²) in [5.41, 5.74) is 2.14. The lowest BCUT2D eigenvalue weighted by molar-refractivity contribution is -0.127. The molecule has 2 nitrogen and oxygen atoms in total. The van der Waals surface area contributed by atoms with E-state index in [1.165, 1.54) is 0 Å². The number of hydrogen-bond acceptors (Lipinski definition) is 2. The summed E-state index contributed by atoms with van der Waals surface area (Å²) in [6, 6.07) is 7.81. The van der Waals surface area contributed by atoms with Gasteiger partial charge in [-0.25, -0.2) is 0 Å². The normalized spacial score (nSPS) is 21.1. The van der Waals surface area contributed by atoms with E-state index < -0.39 is 0 Å². The van der Waals surface area contributed by atoms with Crippen molar-refractivity contribution in [2.75, 3.05) is 7.11 Å². The van der Waals surface area contributed by atoms with Crippen LogP contribution in [0.15, 0.2) is 24.3 Å². The van der Waals surface area contributed by atoms with Crippen molar-refractivity contribution in [3.8, 4) is 0 Å². The number of ketones is 1. The average molecular weight is 162 g/mol. The van der Waals surface area contributed by atoms with Gasteiger partial charge in [0.1, 0.15) is 6.10 Å². The second kappa shape index (κ2) is 2.72. The smallest absolute Gasteiger partial charge is 0.170 e. The number of hydrogen-bond donors (Lipinski definition) is 0. The van der Waals surface area contributed by atoms with Crippen LogP contribution in [-0.4, -0.2) is 12.9 Å². The van der Waals surface area contributed by atoms with E-state index in [0.29, 0.717) is 6.42 Å². The highest BCUT2D eigenvalue weighted by molar-refractivity contribution is 5.91. The Morgan fingerprint density at radius 3 is 2.92 bits per heavy atom. The Hall–Kier alpha value is -1.15. The van der Waals surface area contributed by atoms with E-state index in [2.05, 4.69) is 0 Å². The number of carbonyl (C=O) groups excluding carboxylic acids is 1. The van der Waals surface area contributed by atoms with Gasteiger partial charge in [-0.3, -0.25) is 4.79 Å². The molecule has 0 aromatic heterocycles. The molecule has 0 amide bonds. The van der Waals surface area contributed by atoms with Crippen LogP contribution in [0, 0.1) is 0 Å². The van der Waals surface area contributed by atoms with Gasteiger partial charge in [0.15, 0.2) is 5.78 Å². The van der Waals surface area contributed by atoms with Crippen LogP contribution in [0.1, 0.15) is 17.2 Å². The number of ether oxygens (including phenoxy) is 1. The SMILES string of the molecule is COC1C(=O)Cc2ccccc21. The highest BCUT2D eigenvalue weighted by Crippen LogP contribution is 2.29. The Morgan fingerprint density at radius 1 is 1.42 bits per heavy atom. The third-order valence-electron chi connectivity index (χ3n) is 2.23. The number of carbonyl (C=O) groups is 1. The summed E-state index contributed by atoms with van der Waals surface area (Å²) in [5, 5.41) is 0. The second-order valence-corrected chi connectivity index (χ2v) is 2.96. The molecule has 0 fully saturated rings. The molecule has 2 heteroatoms. The lowest BCUT2D eigenvalue weighted by atomic mass is 10.1. The van der Waals surface area contributed by atoms with Crippen LogP contribution in [0.4, 0.5) is 0 Å². The van der Waals surface area contributed by atoms with E-state index in [4.69, 9.17) is 4.74 Å². The molecule has 0 heterocycles. The van der Waals surface area contributed by atoms with Gasteiger partial charge < -0.3 is 4.74 Å². The van der Waals surface area contributed by atoms with Gasteiger partial charge in [0.25, 0.3) is 0 Å². The fourth-order valence-electron chi connectivity index (χ4n) is 1.66. The summed E-state index contributed by atoms with van der Waals surface area (Å²) < 4.78 is 5.10. The monoisotopic (exact) mass is 162 g/mol. The zero-order valence-electron chi connectivity index (χ0n) is 6.91. The van der Waals surface area contributed by atoms with Crippen LogP contribution in [-0.2, 0) is 16.0 Å². The zero-order valence-corrected chi connectivity index (χ0v) is 6.91. The van der Waals surface area contributed by atoms with Gasteiger partial charge in [-0.1, -0.05) is 24.3 Å². The van der Waals surface area contributed by atoms with E-state index in [9.17, 15) is 4.79 Å². The molecular weight excluding hydrogens is 152 g/mol. The van der Waals surface area contributed by atoms with Crippen LogP contribution < -0.4 is 0 Å². The quantitative estimate of drug-likeness (QED) is 0.625. The van der Waals surface area contributed by atoms with Gasteiger partial charge in [-0.15, -0.1) is 0 Å². The van der Waals surface area contributed by atoms with Crippen LogP contribution in [0.5, 0.6) is 0 Å². The van der Waals surface area contributed by atoms with Crippen LogP contribution in [0.25, 0.3) is 0 Å². The van der Waals surface area contributed by atoms with Crippen LogP contribution in [0.2, 0.25) is 0 Å². The van der Waals surface area contributed by atoms with Gasteiger partial charge in [-0.2, -0.15) is 0 Å². The molecule has 2 rings (SSSR count). The molecule has 0 saturated carbocycles. The molecule has 0 N–H and O–H groups in total. The van der Waals surface area contributed by atoms with Crippen molar-refractivity contribution in [3.63, 3.8) is 0 Å². The summed E-state index contributed by atoms with van der Waals surface area (Å²) in [6.45, 7) is 0. The molecule has 0 radical (unpaired) electrons. The van der Waals surface area contributed by atoms with Gasteiger partial charge in [0.2, 0.25) is 0 Å². The highest BCUT2D eigenvalue weighted by Gasteiger charge is 2.29. The standard InChI is InChI=1S/C10H10O2/c1-12-10-8-5-3-2-4-7(8)6-9(10)11/h2-5,10H,6H2,1H3. The predicted octanol–water partition coefficient (Wildman–Crippen LogP) is 1.50. The Kier molecular flexibility index (Phi) is 1.70. The van der Waals surface area contributed by atoms with Crippen molar-refractivity contribution in [1.82, 2.24) is 0 Å². The second-order valence-electron chi connectivity index (χ2n) is 2.96. The lowest BCUT2D eigenvalue weighted by Crippen LogP contribution is -2.07. The van der Waals surface area contributed by atoms with Gasteiger partial charge in [0.05, 0.1) is 0 Å². The molecule has 0 spiro atoms. The van der Waals surface area contributed by atoms with E-state index in [1.54, 1.807) is 7.11 Å². The van der Waals surface area contributed by atoms with Gasteiger partial charge >= 0.3 is 0 Å². The minimum Gasteiger partial charge on any atom is -0.369 e. The molecule has 1 atom stereocenters. The molecular formula is C10H10O2. The highest BCUT2D eigenvalue weighted by atomic mass is 16.5. The Morgan fingerprint density at radius 2 is 2.17 bits per heavy atom. The van der Waals surface area contributed by atoms with E-state index in [-0.39, 0.29) is 11.9 Å². The number of methoxy groups -OCH3 is 1. The Balaban J connectivity index is 2.47. The maximum absolute atomic E-state index is 11.3. The van der Waals surface area contributed by atoms with Crippen molar-refractivity contribution in [2.45, 2.75) is 12.5 Å². The summed E-state index contributed by atoms with van der Waals surface area (Å²) in [6.07, 6.45) is 0.204. The predicted molar refractivity (Wildman–Crippen MR) is 44.9 cm³/mol. The van der Waals surface area contributed by atoms with E-state index >= 15 is 0 Å². The number of Topliss-reactive ketones (excluding diaryl/α,β-unsaturated/α-hetero) is 1.